The first-order chi connectivity index (χ1) is 10.2. The molecule has 2 N–H and O–H groups in total. The number of methoxy groups -OCH3 is 1. The Balaban J connectivity index is 2.09. The van der Waals surface area contributed by atoms with Gasteiger partial charge in [-0.3, -0.25) is 0 Å². The Morgan fingerprint density at radius 1 is 1.14 bits per heavy atom. The molecule has 0 radical (unpaired) electrons. The van der Waals surface area contributed by atoms with Crippen molar-refractivity contribution in [2.75, 3.05) is 12.8 Å². The number of rotatable bonds is 3. The Kier molecular flexibility index (Phi) is 3.27. The number of nitrogens with zero attached hydrogens (tertiary/aromatic N) is 3. The molecule has 21 heavy (non-hydrogen) atoms. The smallest absolute Gasteiger partial charge is 0.156 e. The summed E-state index contributed by atoms with van der Waals surface area (Å²) in [6.45, 7) is 0. The number of halogens is 1. The predicted molar refractivity (Wildman–Crippen MR) is 77.7 cm³/mol. The lowest BCUT2D eigenvalue weighted by Gasteiger charge is -2.05. The van der Waals surface area contributed by atoms with Crippen LogP contribution in [0.1, 0.15) is 0 Å². The number of benzene rings is 2. The summed E-state index contributed by atoms with van der Waals surface area (Å²) in [4.78, 5) is 0. The van der Waals surface area contributed by atoms with Crippen LogP contribution in [0.3, 0.4) is 0 Å². The van der Waals surface area contributed by atoms with Crippen molar-refractivity contribution in [3.63, 3.8) is 0 Å². The zero-order valence-corrected chi connectivity index (χ0v) is 11.3. The maximum atomic E-state index is 13.8. The average molecular weight is 284 g/mol. The van der Waals surface area contributed by atoms with E-state index in [9.17, 15) is 4.39 Å². The SMILES string of the molecule is COc1cccc(-c2nnn(-c3ccccc3F)c2N)c1. The first-order valence-electron chi connectivity index (χ1n) is 6.31. The molecule has 0 amide bonds. The fourth-order valence-electron chi connectivity index (χ4n) is 2.07. The van der Waals surface area contributed by atoms with Gasteiger partial charge in [0.2, 0.25) is 0 Å². The van der Waals surface area contributed by atoms with E-state index in [1.165, 1.54) is 10.7 Å². The van der Waals surface area contributed by atoms with Crippen LogP contribution in [0.4, 0.5) is 10.2 Å². The van der Waals surface area contributed by atoms with Crippen LogP contribution in [-0.4, -0.2) is 22.1 Å². The molecule has 2 aromatic carbocycles. The van der Waals surface area contributed by atoms with Gasteiger partial charge in [-0.2, -0.15) is 4.68 Å². The van der Waals surface area contributed by atoms with Crippen LogP contribution in [0.15, 0.2) is 48.5 Å². The van der Waals surface area contributed by atoms with Crippen LogP contribution in [0, 0.1) is 5.82 Å². The van der Waals surface area contributed by atoms with E-state index in [0.29, 0.717) is 11.4 Å². The third-order valence-electron chi connectivity index (χ3n) is 3.13. The fourth-order valence-corrected chi connectivity index (χ4v) is 2.07. The lowest BCUT2D eigenvalue weighted by atomic mass is 10.1. The molecule has 0 atom stereocenters. The van der Waals surface area contributed by atoms with Gasteiger partial charge in [0.1, 0.15) is 22.9 Å². The molecule has 0 unspecified atom stereocenters. The number of hydrogen-bond donors (Lipinski definition) is 1. The van der Waals surface area contributed by atoms with Crippen molar-refractivity contribution in [3.8, 4) is 22.7 Å². The molecule has 0 aliphatic rings. The van der Waals surface area contributed by atoms with Gasteiger partial charge >= 0.3 is 0 Å². The average Bonchev–Trinajstić information content (AvgIpc) is 2.89. The van der Waals surface area contributed by atoms with E-state index in [0.717, 1.165) is 5.56 Å². The number of anilines is 1. The summed E-state index contributed by atoms with van der Waals surface area (Å²) in [5, 5.41) is 7.98. The van der Waals surface area contributed by atoms with Crippen molar-refractivity contribution < 1.29 is 9.13 Å². The number of nitrogens with two attached hydrogens (primary N) is 1. The highest BCUT2D eigenvalue weighted by Crippen LogP contribution is 2.28. The van der Waals surface area contributed by atoms with Crippen molar-refractivity contribution in [1.29, 1.82) is 0 Å². The van der Waals surface area contributed by atoms with Crippen LogP contribution < -0.4 is 10.5 Å². The summed E-state index contributed by atoms with van der Waals surface area (Å²) >= 11 is 0. The van der Waals surface area contributed by atoms with E-state index in [1.54, 1.807) is 31.4 Å². The third kappa shape index (κ3) is 2.31. The Hall–Kier alpha value is -2.89. The highest BCUT2D eigenvalue weighted by Gasteiger charge is 2.15. The molecule has 3 rings (SSSR count). The molecule has 0 saturated heterocycles. The van der Waals surface area contributed by atoms with Crippen molar-refractivity contribution >= 4 is 5.82 Å². The van der Waals surface area contributed by atoms with Gasteiger partial charge in [-0.15, -0.1) is 5.10 Å². The quantitative estimate of drug-likeness (QED) is 0.803. The van der Waals surface area contributed by atoms with Crippen molar-refractivity contribution in [2.45, 2.75) is 0 Å². The largest absolute Gasteiger partial charge is 0.497 e. The molecule has 3 aromatic rings. The number of ether oxygens (including phenoxy) is 1. The lowest BCUT2D eigenvalue weighted by molar-refractivity contribution is 0.415. The normalized spacial score (nSPS) is 10.6. The van der Waals surface area contributed by atoms with Crippen molar-refractivity contribution in [1.82, 2.24) is 15.0 Å². The summed E-state index contributed by atoms with van der Waals surface area (Å²) in [6, 6.07) is 13.6. The summed E-state index contributed by atoms with van der Waals surface area (Å²) < 4.78 is 20.3. The van der Waals surface area contributed by atoms with Gasteiger partial charge in [0.05, 0.1) is 7.11 Å². The van der Waals surface area contributed by atoms with E-state index in [-0.39, 0.29) is 11.5 Å². The maximum Gasteiger partial charge on any atom is 0.156 e. The second-order valence-corrected chi connectivity index (χ2v) is 4.42. The topological polar surface area (TPSA) is 66.0 Å². The van der Waals surface area contributed by atoms with Crippen LogP contribution in [0.25, 0.3) is 16.9 Å². The Morgan fingerprint density at radius 3 is 2.71 bits per heavy atom. The summed E-state index contributed by atoms with van der Waals surface area (Å²) in [5.74, 6) is 0.548. The summed E-state index contributed by atoms with van der Waals surface area (Å²) in [5.41, 5.74) is 7.56. The first-order valence-corrected chi connectivity index (χ1v) is 6.31. The lowest BCUT2D eigenvalue weighted by Crippen LogP contribution is -2.04. The van der Waals surface area contributed by atoms with Gasteiger partial charge in [0, 0.05) is 5.56 Å². The minimum Gasteiger partial charge on any atom is -0.497 e. The molecule has 0 aliphatic heterocycles. The van der Waals surface area contributed by atoms with Crippen LogP contribution in [0.2, 0.25) is 0 Å². The highest BCUT2D eigenvalue weighted by atomic mass is 19.1. The molecule has 0 bridgehead atoms. The van der Waals surface area contributed by atoms with Crippen molar-refractivity contribution in [2.24, 2.45) is 0 Å². The molecule has 0 saturated carbocycles. The molecule has 1 aromatic heterocycles. The molecular formula is C15H13FN4O. The molecule has 0 fully saturated rings. The van der Waals surface area contributed by atoms with Crippen LogP contribution >= 0.6 is 0 Å². The minimum atomic E-state index is -0.411. The second kappa shape index (κ2) is 5.24. The fraction of sp³-hybridized carbons (Fsp3) is 0.0667. The molecule has 106 valence electrons. The zero-order chi connectivity index (χ0) is 14.8. The van der Waals surface area contributed by atoms with Gasteiger partial charge in [-0.05, 0) is 24.3 Å². The molecule has 0 spiro atoms. The number of para-hydroxylation sites is 1. The van der Waals surface area contributed by atoms with E-state index in [4.69, 9.17) is 10.5 Å². The van der Waals surface area contributed by atoms with Gasteiger partial charge in [-0.1, -0.05) is 29.5 Å². The summed E-state index contributed by atoms with van der Waals surface area (Å²) in [7, 11) is 1.58. The molecule has 0 aliphatic carbocycles. The Morgan fingerprint density at radius 2 is 1.95 bits per heavy atom. The third-order valence-corrected chi connectivity index (χ3v) is 3.13. The maximum absolute atomic E-state index is 13.8. The Bertz CT molecular complexity index is 785. The van der Waals surface area contributed by atoms with E-state index in [2.05, 4.69) is 10.3 Å². The predicted octanol–water partition coefficient (Wildman–Crippen LogP) is 2.66. The monoisotopic (exact) mass is 284 g/mol. The van der Waals surface area contributed by atoms with E-state index in [1.807, 2.05) is 18.2 Å². The minimum absolute atomic E-state index is 0.261. The zero-order valence-electron chi connectivity index (χ0n) is 11.3. The van der Waals surface area contributed by atoms with Gasteiger partial charge in [-0.25, -0.2) is 4.39 Å². The van der Waals surface area contributed by atoms with Crippen LogP contribution in [-0.2, 0) is 0 Å². The number of aromatic nitrogens is 3. The van der Waals surface area contributed by atoms with E-state index >= 15 is 0 Å². The molecular weight excluding hydrogens is 271 g/mol. The molecule has 6 heteroatoms. The summed E-state index contributed by atoms with van der Waals surface area (Å²) in [6.07, 6.45) is 0. The first kappa shape index (κ1) is 13.1. The highest BCUT2D eigenvalue weighted by molar-refractivity contribution is 5.72. The molecule has 1 heterocycles. The second-order valence-electron chi connectivity index (χ2n) is 4.42. The van der Waals surface area contributed by atoms with E-state index < -0.39 is 5.82 Å². The van der Waals surface area contributed by atoms with Gasteiger partial charge in [0.15, 0.2) is 5.82 Å². The molecule has 5 nitrogen and oxygen atoms in total. The number of nitrogen functional groups attached to an aromatic ring is 1. The Labute approximate surface area is 120 Å². The standard InChI is InChI=1S/C15H13FN4O/c1-21-11-6-4-5-10(9-11)14-15(17)20(19-18-14)13-8-3-2-7-12(13)16/h2-9H,17H2,1H3. The van der Waals surface area contributed by atoms with Gasteiger partial charge < -0.3 is 10.5 Å². The number of hydrogen-bond acceptors (Lipinski definition) is 4. The van der Waals surface area contributed by atoms with Gasteiger partial charge in [0.25, 0.3) is 0 Å². The van der Waals surface area contributed by atoms with Crippen molar-refractivity contribution in [3.05, 3.63) is 54.3 Å². The van der Waals surface area contributed by atoms with Crippen LogP contribution in [0.5, 0.6) is 5.75 Å².